The molecule has 1 fully saturated rings. The number of anilines is 2. The van der Waals surface area contributed by atoms with Gasteiger partial charge in [0.15, 0.2) is 0 Å². The average molecular weight is 625 g/mol. The molecule has 4 aromatic rings. The fourth-order valence-corrected chi connectivity index (χ4v) is 7.51. The Kier molecular flexibility index (Phi) is 8.16. The average Bonchev–Trinajstić information content (AvgIpc) is 3.41. The van der Waals surface area contributed by atoms with Crippen molar-refractivity contribution in [2.24, 2.45) is 0 Å². The van der Waals surface area contributed by atoms with Crippen LogP contribution >= 0.6 is 11.6 Å². The van der Waals surface area contributed by atoms with Crippen LogP contribution in [0.1, 0.15) is 50.5 Å². The molecule has 2 aromatic heterocycles. The second-order valence-corrected chi connectivity index (χ2v) is 13.3. The summed E-state index contributed by atoms with van der Waals surface area (Å²) in [7, 11) is -4.11. The minimum atomic E-state index is -4.11. The Morgan fingerprint density at radius 2 is 1.93 bits per heavy atom. The summed E-state index contributed by atoms with van der Waals surface area (Å²) in [6.45, 7) is 7.58. The van der Waals surface area contributed by atoms with Gasteiger partial charge in [0.1, 0.15) is 33.6 Å². The van der Waals surface area contributed by atoms with Crippen molar-refractivity contribution in [3.8, 4) is 11.3 Å². The molecule has 1 aliphatic carbocycles. The van der Waals surface area contributed by atoms with E-state index in [1.165, 1.54) is 29.8 Å². The second kappa shape index (κ2) is 11.9. The smallest absolute Gasteiger partial charge is 0.263 e. The molecule has 3 N–H and O–H groups in total. The number of nitrogens with one attached hydrogen (secondary N) is 1. The van der Waals surface area contributed by atoms with Crippen molar-refractivity contribution in [3.05, 3.63) is 77.1 Å². The van der Waals surface area contributed by atoms with E-state index in [0.29, 0.717) is 22.8 Å². The third-order valence-electron chi connectivity index (χ3n) is 8.12. The van der Waals surface area contributed by atoms with Gasteiger partial charge in [0.2, 0.25) is 0 Å². The lowest BCUT2D eigenvalue weighted by molar-refractivity contribution is 0.0150. The number of morpholine rings is 1. The molecule has 0 bridgehead atoms. The molecule has 0 unspecified atom stereocenters. The monoisotopic (exact) mass is 624 g/mol. The highest BCUT2D eigenvalue weighted by molar-refractivity contribution is 7.92. The number of nitrogens with zero attached hydrogens (tertiary/aromatic N) is 4. The Bertz CT molecular complexity index is 1820. The van der Waals surface area contributed by atoms with Crippen molar-refractivity contribution >= 4 is 44.2 Å². The zero-order valence-corrected chi connectivity index (χ0v) is 25.6. The van der Waals surface area contributed by atoms with Crippen LogP contribution in [0.2, 0.25) is 5.02 Å². The van der Waals surface area contributed by atoms with Gasteiger partial charge in [-0.15, -0.1) is 0 Å². The summed E-state index contributed by atoms with van der Waals surface area (Å²) in [6.07, 6.45) is 6.96. The first-order chi connectivity index (χ1) is 20.6. The quantitative estimate of drug-likeness (QED) is 0.261. The van der Waals surface area contributed by atoms with Crippen LogP contribution in [-0.4, -0.2) is 60.0 Å². The molecule has 0 amide bonds. The lowest BCUT2D eigenvalue weighted by atomic mass is 9.92. The first-order valence-electron chi connectivity index (χ1n) is 14.4. The Hall–Kier alpha value is -3.51. The number of ether oxygens (including phenoxy) is 1. The summed E-state index contributed by atoms with van der Waals surface area (Å²) in [6, 6.07) is 10.7. The maximum Gasteiger partial charge on any atom is 0.263 e. The van der Waals surface area contributed by atoms with Crippen molar-refractivity contribution < 1.29 is 17.5 Å². The SMILES string of the molecule is CC(C)c1nc(-c2ccc(NS(=O)(=O)c3ccccc3Cl)c(F)c2)c2c(N)ncc(C3=CC[C@H](N4CCOCC4)CC3)n12. The highest BCUT2D eigenvalue weighted by Gasteiger charge is 2.27. The lowest BCUT2D eigenvalue weighted by Crippen LogP contribution is -2.44. The third-order valence-corrected chi connectivity index (χ3v) is 9.98. The fourth-order valence-electron chi connectivity index (χ4n) is 5.92. The van der Waals surface area contributed by atoms with Gasteiger partial charge < -0.3 is 10.5 Å². The molecule has 3 heterocycles. The number of imidazole rings is 1. The van der Waals surface area contributed by atoms with Gasteiger partial charge in [0.25, 0.3) is 10.0 Å². The van der Waals surface area contributed by atoms with Crippen LogP contribution in [0.4, 0.5) is 15.9 Å². The molecule has 0 spiro atoms. The number of rotatable bonds is 7. The Morgan fingerprint density at radius 3 is 2.60 bits per heavy atom. The van der Waals surface area contributed by atoms with Crippen molar-refractivity contribution in [2.75, 3.05) is 36.8 Å². The van der Waals surface area contributed by atoms with Crippen molar-refractivity contribution in [1.29, 1.82) is 0 Å². The molecule has 226 valence electrons. The number of aromatic nitrogens is 3. The van der Waals surface area contributed by atoms with Crippen LogP contribution in [0.25, 0.3) is 22.3 Å². The van der Waals surface area contributed by atoms with E-state index in [4.69, 9.17) is 27.1 Å². The largest absolute Gasteiger partial charge is 0.382 e. The number of hydrogen-bond acceptors (Lipinski definition) is 7. The molecule has 1 saturated heterocycles. The lowest BCUT2D eigenvalue weighted by Gasteiger charge is -2.36. The number of allylic oxidation sites excluding steroid dienone is 1. The van der Waals surface area contributed by atoms with Crippen LogP contribution in [-0.2, 0) is 14.8 Å². The van der Waals surface area contributed by atoms with Gasteiger partial charge in [0.05, 0.1) is 35.8 Å². The van der Waals surface area contributed by atoms with Crippen molar-refractivity contribution in [2.45, 2.75) is 50.0 Å². The normalized spacial score (nSPS) is 18.3. The van der Waals surface area contributed by atoms with Gasteiger partial charge >= 0.3 is 0 Å². The van der Waals surface area contributed by atoms with Gasteiger partial charge in [0, 0.05) is 30.6 Å². The van der Waals surface area contributed by atoms with Crippen LogP contribution in [0.3, 0.4) is 0 Å². The number of nitrogens with two attached hydrogens (primary N) is 1. The highest BCUT2D eigenvalue weighted by Crippen LogP contribution is 2.37. The van der Waals surface area contributed by atoms with E-state index in [0.717, 1.165) is 57.1 Å². The Morgan fingerprint density at radius 1 is 1.16 bits per heavy atom. The number of fused-ring (bicyclic) bond motifs is 1. The van der Waals surface area contributed by atoms with E-state index in [2.05, 4.69) is 38.9 Å². The molecule has 2 aromatic carbocycles. The van der Waals surface area contributed by atoms with E-state index in [9.17, 15) is 8.42 Å². The van der Waals surface area contributed by atoms with E-state index in [1.54, 1.807) is 24.4 Å². The molecule has 43 heavy (non-hydrogen) atoms. The number of hydrogen-bond donors (Lipinski definition) is 2. The third kappa shape index (κ3) is 5.74. The molecule has 0 saturated carbocycles. The highest BCUT2D eigenvalue weighted by atomic mass is 35.5. The van der Waals surface area contributed by atoms with Crippen LogP contribution in [0, 0.1) is 5.82 Å². The van der Waals surface area contributed by atoms with Crippen LogP contribution in [0.15, 0.2) is 59.6 Å². The van der Waals surface area contributed by atoms with Gasteiger partial charge in [-0.2, -0.15) is 0 Å². The number of sulfonamides is 1. The number of benzene rings is 2. The summed E-state index contributed by atoms with van der Waals surface area (Å²) in [5.41, 5.74) is 9.89. The van der Waals surface area contributed by atoms with Crippen molar-refractivity contribution in [3.63, 3.8) is 0 Å². The zero-order chi connectivity index (χ0) is 30.3. The zero-order valence-electron chi connectivity index (χ0n) is 24.1. The van der Waals surface area contributed by atoms with E-state index in [-0.39, 0.29) is 27.3 Å². The minimum absolute atomic E-state index is 0.0404. The fraction of sp³-hybridized carbons (Fsp3) is 0.355. The van der Waals surface area contributed by atoms with Crippen LogP contribution < -0.4 is 10.5 Å². The molecule has 12 heteroatoms. The standard InChI is InChI=1S/C31H34ClFN6O3S/c1-19(2)31-36-28(21-9-12-25(24(33)17-21)37-43(40,41)27-6-4-3-5-23(27)32)29-30(34)35-18-26(39(29)31)20-7-10-22(11-8-20)38-13-15-42-16-14-38/h3-7,9,12,17-19,22,37H,8,10-11,13-16H2,1-2H3,(H2,34,35)/t22-/m0/s1. The summed E-state index contributed by atoms with van der Waals surface area (Å²) in [5, 5.41) is 0.0428. The molecule has 6 rings (SSSR count). The predicted octanol–water partition coefficient (Wildman–Crippen LogP) is 5.96. The van der Waals surface area contributed by atoms with Gasteiger partial charge in [-0.05, 0) is 49.1 Å². The minimum Gasteiger partial charge on any atom is -0.382 e. The van der Waals surface area contributed by atoms with Crippen LogP contribution in [0.5, 0.6) is 0 Å². The van der Waals surface area contributed by atoms with E-state index in [1.807, 2.05) is 0 Å². The first-order valence-corrected chi connectivity index (χ1v) is 16.3. The summed E-state index contributed by atoms with van der Waals surface area (Å²) < 4.78 is 51.1. The second-order valence-electron chi connectivity index (χ2n) is 11.2. The number of halogens is 2. The maximum absolute atomic E-state index is 15.4. The molecular weight excluding hydrogens is 591 g/mol. The Balaban J connectivity index is 1.36. The van der Waals surface area contributed by atoms with E-state index < -0.39 is 15.8 Å². The molecule has 1 aliphatic heterocycles. The van der Waals surface area contributed by atoms with Gasteiger partial charge in [-0.1, -0.05) is 49.7 Å². The van der Waals surface area contributed by atoms with Gasteiger partial charge in [-0.25, -0.2) is 22.8 Å². The van der Waals surface area contributed by atoms with Gasteiger partial charge in [-0.3, -0.25) is 14.0 Å². The molecule has 1 atom stereocenters. The molecule has 2 aliphatic rings. The summed E-state index contributed by atoms with van der Waals surface area (Å²) >= 11 is 6.08. The number of nitrogen functional groups attached to an aromatic ring is 1. The maximum atomic E-state index is 15.4. The predicted molar refractivity (Wildman–Crippen MR) is 167 cm³/mol. The topological polar surface area (TPSA) is 115 Å². The molecule has 0 radical (unpaired) electrons. The summed E-state index contributed by atoms with van der Waals surface area (Å²) in [4.78, 5) is 11.8. The first kappa shape index (κ1) is 29.6. The van der Waals surface area contributed by atoms with E-state index >= 15 is 4.39 Å². The molecule has 9 nitrogen and oxygen atoms in total. The van der Waals surface area contributed by atoms with Crippen molar-refractivity contribution in [1.82, 2.24) is 19.3 Å². The molecular formula is C31H34ClFN6O3S. The summed E-state index contributed by atoms with van der Waals surface area (Å²) in [5.74, 6) is 0.352. The Labute approximate surface area is 255 Å².